The molecule has 0 saturated carbocycles. The van der Waals surface area contributed by atoms with Gasteiger partial charge in [0.05, 0.1) is 18.2 Å². The lowest BCUT2D eigenvalue weighted by Gasteiger charge is -2.41. The Labute approximate surface area is 130 Å². The molecule has 0 aromatic carbocycles. The van der Waals surface area contributed by atoms with Crippen LogP contribution in [0, 0.1) is 5.92 Å². The van der Waals surface area contributed by atoms with Crippen LogP contribution in [0.1, 0.15) is 34.6 Å². The Bertz CT molecular complexity index is 323. The van der Waals surface area contributed by atoms with Crippen LogP contribution in [-0.2, 0) is 9.53 Å². The Morgan fingerprint density at radius 2 is 1.76 bits per heavy atom. The zero-order valence-electron chi connectivity index (χ0n) is 14.7. The molecule has 21 heavy (non-hydrogen) atoms. The SMILES string of the molecule is CC1CN(C(C(=O)NCC(C)N(C)C)C(C)C)CC(C)O1. The third-order valence-corrected chi connectivity index (χ3v) is 4.19. The third-order valence-electron chi connectivity index (χ3n) is 4.19. The maximum absolute atomic E-state index is 12.6. The number of carbonyl (C=O) groups excluding carboxylic acids is 1. The Morgan fingerprint density at radius 1 is 1.24 bits per heavy atom. The molecule has 0 aliphatic carbocycles. The van der Waals surface area contributed by atoms with E-state index in [9.17, 15) is 4.79 Å². The van der Waals surface area contributed by atoms with Gasteiger partial charge < -0.3 is 15.0 Å². The molecule has 1 aliphatic heterocycles. The van der Waals surface area contributed by atoms with Crippen LogP contribution in [0.15, 0.2) is 0 Å². The van der Waals surface area contributed by atoms with Crippen molar-refractivity contribution in [3.63, 3.8) is 0 Å². The first-order valence-corrected chi connectivity index (χ1v) is 8.06. The molecule has 1 heterocycles. The fraction of sp³-hybridized carbons (Fsp3) is 0.938. The summed E-state index contributed by atoms with van der Waals surface area (Å²) < 4.78 is 5.78. The topological polar surface area (TPSA) is 44.8 Å². The maximum Gasteiger partial charge on any atom is 0.237 e. The van der Waals surface area contributed by atoms with Gasteiger partial charge in [-0.15, -0.1) is 0 Å². The molecule has 124 valence electrons. The van der Waals surface area contributed by atoms with Crippen molar-refractivity contribution in [2.24, 2.45) is 5.92 Å². The first-order valence-electron chi connectivity index (χ1n) is 8.06. The molecule has 0 radical (unpaired) electrons. The number of hydrogen-bond donors (Lipinski definition) is 1. The smallest absolute Gasteiger partial charge is 0.237 e. The van der Waals surface area contributed by atoms with E-state index in [2.05, 4.69) is 49.7 Å². The Hall–Kier alpha value is -0.650. The molecule has 0 aromatic heterocycles. The second kappa shape index (κ2) is 8.11. The van der Waals surface area contributed by atoms with E-state index in [1.165, 1.54) is 0 Å². The van der Waals surface area contributed by atoms with E-state index < -0.39 is 0 Å². The molecule has 5 nitrogen and oxygen atoms in total. The van der Waals surface area contributed by atoms with Crippen molar-refractivity contribution in [3.8, 4) is 0 Å². The lowest BCUT2D eigenvalue weighted by atomic mass is 9.99. The molecule has 1 aliphatic rings. The minimum Gasteiger partial charge on any atom is -0.373 e. The van der Waals surface area contributed by atoms with Crippen molar-refractivity contribution in [1.29, 1.82) is 0 Å². The van der Waals surface area contributed by atoms with Gasteiger partial charge in [0.2, 0.25) is 5.91 Å². The van der Waals surface area contributed by atoms with E-state index in [0.717, 1.165) is 13.1 Å². The van der Waals surface area contributed by atoms with Crippen LogP contribution in [0.25, 0.3) is 0 Å². The fourth-order valence-corrected chi connectivity index (χ4v) is 2.87. The van der Waals surface area contributed by atoms with Crippen LogP contribution in [0.3, 0.4) is 0 Å². The second-order valence-electron chi connectivity index (χ2n) is 6.96. The summed E-state index contributed by atoms with van der Waals surface area (Å²) >= 11 is 0. The van der Waals surface area contributed by atoms with Crippen molar-refractivity contribution in [2.45, 2.75) is 58.9 Å². The maximum atomic E-state index is 12.6. The standard InChI is InChI=1S/C16H33N3O2/c1-11(2)15(16(20)17-8-12(3)18(6)7)19-9-13(4)21-14(5)10-19/h11-15H,8-10H2,1-7H3,(H,17,20). The Kier molecular flexibility index (Phi) is 7.10. The van der Waals surface area contributed by atoms with E-state index in [0.29, 0.717) is 12.6 Å². The van der Waals surface area contributed by atoms with E-state index in [-0.39, 0.29) is 30.1 Å². The van der Waals surface area contributed by atoms with Crippen LogP contribution < -0.4 is 5.32 Å². The number of nitrogens with zero attached hydrogens (tertiary/aromatic N) is 2. The van der Waals surface area contributed by atoms with Crippen LogP contribution in [0.2, 0.25) is 0 Å². The molecule has 0 bridgehead atoms. The minimum absolute atomic E-state index is 0.0758. The second-order valence-corrected chi connectivity index (χ2v) is 6.96. The first-order chi connectivity index (χ1) is 9.72. The first kappa shape index (κ1) is 18.4. The average molecular weight is 299 g/mol. The summed E-state index contributed by atoms with van der Waals surface area (Å²) in [6.07, 6.45) is 0.368. The van der Waals surface area contributed by atoms with Gasteiger partial charge in [0, 0.05) is 25.7 Å². The van der Waals surface area contributed by atoms with E-state index in [1.807, 2.05) is 14.1 Å². The van der Waals surface area contributed by atoms with Crippen LogP contribution in [0.4, 0.5) is 0 Å². The molecular weight excluding hydrogens is 266 g/mol. The van der Waals surface area contributed by atoms with Crippen LogP contribution >= 0.6 is 0 Å². The minimum atomic E-state index is -0.0758. The predicted octanol–water partition coefficient (Wildman–Crippen LogP) is 1.19. The summed E-state index contributed by atoms with van der Waals surface area (Å²) in [4.78, 5) is 17.0. The monoisotopic (exact) mass is 299 g/mol. The van der Waals surface area contributed by atoms with E-state index in [4.69, 9.17) is 4.74 Å². The number of carbonyl (C=O) groups is 1. The van der Waals surface area contributed by atoms with Gasteiger partial charge in [-0.25, -0.2) is 0 Å². The number of morpholine rings is 1. The zero-order chi connectivity index (χ0) is 16.2. The highest BCUT2D eigenvalue weighted by Gasteiger charge is 2.34. The zero-order valence-corrected chi connectivity index (χ0v) is 14.7. The van der Waals surface area contributed by atoms with Gasteiger partial charge in [-0.05, 0) is 40.8 Å². The lowest BCUT2D eigenvalue weighted by Crippen LogP contribution is -2.57. The van der Waals surface area contributed by atoms with Gasteiger partial charge in [0.15, 0.2) is 0 Å². The largest absolute Gasteiger partial charge is 0.373 e. The van der Waals surface area contributed by atoms with Gasteiger partial charge in [0.1, 0.15) is 0 Å². The van der Waals surface area contributed by atoms with Gasteiger partial charge in [0.25, 0.3) is 0 Å². The molecule has 1 N–H and O–H groups in total. The molecule has 4 atom stereocenters. The van der Waals surface area contributed by atoms with E-state index in [1.54, 1.807) is 0 Å². The van der Waals surface area contributed by atoms with Crippen molar-refractivity contribution in [2.75, 3.05) is 33.7 Å². The average Bonchev–Trinajstić information content (AvgIpc) is 2.34. The number of likely N-dealkylation sites (N-methyl/N-ethyl adjacent to an activating group) is 1. The third kappa shape index (κ3) is 5.57. The molecule has 0 spiro atoms. The number of hydrogen-bond acceptors (Lipinski definition) is 4. The summed E-state index contributed by atoms with van der Waals surface area (Å²) in [5, 5.41) is 3.11. The number of rotatable bonds is 6. The highest BCUT2D eigenvalue weighted by molar-refractivity contribution is 5.82. The quantitative estimate of drug-likeness (QED) is 0.800. The summed E-state index contributed by atoms with van der Waals surface area (Å²) in [5.41, 5.74) is 0. The highest BCUT2D eigenvalue weighted by atomic mass is 16.5. The normalized spacial score (nSPS) is 26.9. The van der Waals surface area contributed by atoms with Gasteiger partial charge in [-0.2, -0.15) is 0 Å². The van der Waals surface area contributed by atoms with Crippen molar-refractivity contribution >= 4 is 5.91 Å². The molecule has 1 rings (SSSR count). The molecule has 1 saturated heterocycles. The number of ether oxygens (including phenoxy) is 1. The van der Waals surface area contributed by atoms with Gasteiger partial charge in [-0.3, -0.25) is 9.69 Å². The van der Waals surface area contributed by atoms with Crippen molar-refractivity contribution in [1.82, 2.24) is 15.1 Å². The molecule has 0 aromatic rings. The molecular formula is C16H33N3O2. The van der Waals surface area contributed by atoms with Crippen molar-refractivity contribution < 1.29 is 9.53 Å². The van der Waals surface area contributed by atoms with Gasteiger partial charge >= 0.3 is 0 Å². The highest BCUT2D eigenvalue weighted by Crippen LogP contribution is 2.18. The fourth-order valence-electron chi connectivity index (χ4n) is 2.87. The summed E-state index contributed by atoms with van der Waals surface area (Å²) in [6, 6.07) is 0.262. The molecule has 5 heteroatoms. The van der Waals surface area contributed by atoms with Crippen LogP contribution in [0.5, 0.6) is 0 Å². The number of amides is 1. The Morgan fingerprint density at radius 3 is 2.19 bits per heavy atom. The van der Waals surface area contributed by atoms with Crippen molar-refractivity contribution in [3.05, 3.63) is 0 Å². The summed E-state index contributed by atoms with van der Waals surface area (Å²) in [7, 11) is 4.06. The van der Waals surface area contributed by atoms with Crippen LogP contribution in [-0.4, -0.2) is 73.7 Å². The van der Waals surface area contributed by atoms with Gasteiger partial charge in [-0.1, -0.05) is 13.8 Å². The lowest BCUT2D eigenvalue weighted by molar-refractivity contribution is -0.135. The summed E-state index contributed by atoms with van der Waals surface area (Å²) in [6.45, 7) is 12.8. The molecule has 1 amide bonds. The molecule has 4 unspecified atom stereocenters. The predicted molar refractivity (Wildman–Crippen MR) is 86.4 cm³/mol. The summed E-state index contributed by atoms with van der Waals surface area (Å²) in [5.74, 6) is 0.428. The van der Waals surface area contributed by atoms with E-state index >= 15 is 0 Å². The Balaban J connectivity index is 2.65. The number of nitrogens with one attached hydrogen (secondary N) is 1. The molecule has 1 fully saturated rings.